The fourth-order valence-corrected chi connectivity index (χ4v) is 3.75. The van der Waals surface area contributed by atoms with Crippen LogP contribution >= 0.6 is 0 Å². The highest BCUT2D eigenvalue weighted by molar-refractivity contribution is 5.95. The van der Waals surface area contributed by atoms with E-state index in [0.717, 1.165) is 11.1 Å². The molecule has 9 heteroatoms. The van der Waals surface area contributed by atoms with Crippen LogP contribution in [0.15, 0.2) is 59.8 Å². The molecule has 2 amide bonds. The van der Waals surface area contributed by atoms with Crippen LogP contribution in [0.3, 0.4) is 0 Å². The van der Waals surface area contributed by atoms with Crippen molar-refractivity contribution in [1.29, 1.82) is 0 Å². The van der Waals surface area contributed by atoms with Crippen molar-refractivity contribution >= 4 is 18.0 Å². The number of carbonyl (C=O) groups is 3. The summed E-state index contributed by atoms with van der Waals surface area (Å²) in [6.45, 7) is 4.71. The Hall–Kier alpha value is -3.85. The van der Waals surface area contributed by atoms with Crippen molar-refractivity contribution in [3.8, 4) is 5.75 Å². The van der Waals surface area contributed by atoms with Crippen LogP contribution < -0.4 is 10.1 Å². The first kappa shape index (κ1) is 25.8. The maximum absolute atomic E-state index is 12.9. The molecular weight excluding hydrogens is 452 g/mol. The summed E-state index contributed by atoms with van der Waals surface area (Å²) in [5.74, 6) is -0.275. The van der Waals surface area contributed by atoms with Crippen LogP contribution in [0.5, 0.6) is 5.75 Å². The highest BCUT2D eigenvalue weighted by Crippen LogP contribution is 2.32. The van der Waals surface area contributed by atoms with Gasteiger partial charge in [0.05, 0.1) is 30.9 Å². The third-order valence-corrected chi connectivity index (χ3v) is 5.65. The van der Waals surface area contributed by atoms with Gasteiger partial charge in [0, 0.05) is 19.4 Å². The maximum atomic E-state index is 12.9. The molecular formula is C26H30N2O7. The van der Waals surface area contributed by atoms with Crippen molar-refractivity contribution in [3.63, 3.8) is 0 Å². The Morgan fingerprint density at radius 1 is 0.971 bits per heavy atom. The van der Waals surface area contributed by atoms with Crippen LogP contribution in [0, 0.1) is 0 Å². The smallest absolute Gasteiger partial charge is 0.338 e. The Balaban J connectivity index is 1.74. The Morgan fingerprint density at radius 3 is 2.26 bits per heavy atom. The van der Waals surface area contributed by atoms with E-state index in [9.17, 15) is 14.4 Å². The van der Waals surface area contributed by atoms with Crippen molar-refractivity contribution in [1.82, 2.24) is 10.2 Å². The molecule has 1 aliphatic heterocycles. The number of rotatable bonds is 10. The van der Waals surface area contributed by atoms with E-state index in [4.69, 9.17) is 18.9 Å². The molecule has 0 radical (unpaired) electrons. The van der Waals surface area contributed by atoms with E-state index in [2.05, 4.69) is 5.32 Å². The lowest BCUT2D eigenvalue weighted by Gasteiger charge is -2.34. The number of urea groups is 1. The van der Waals surface area contributed by atoms with Gasteiger partial charge >= 0.3 is 18.0 Å². The number of ether oxygens (including phenoxy) is 4. The van der Waals surface area contributed by atoms with Gasteiger partial charge in [0.25, 0.3) is 0 Å². The summed E-state index contributed by atoms with van der Waals surface area (Å²) in [7, 11) is 2.87. The second-order valence-corrected chi connectivity index (χ2v) is 7.80. The van der Waals surface area contributed by atoms with E-state index >= 15 is 0 Å². The number of methoxy groups -OCH3 is 2. The number of nitrogens with zero attached hydrogens (tertiary/aromatic N) is 1. The quantitative estimate of drug-likeness (QED) is 0.408. The molecule has 0 aliphatic carbocycles. The normalized spacial score (nSPS) is 15.5. The molecule has 0 aromatic heterocycles. The van der Waals surface area contributed by atoms with Crippen molar-refractivity contribution in [2.45, 2.75) is 26.5 Å². The molecule has 9 nitrogen and oxygen atoms in total. The number of benzene rings is 2. The van der Waals surface area contributed by atoms with Gasteiger partial charge in [0.15, 0.2) is 0 Å². The highest BCUT2D eigenvalue weighted by Gasteiger charge is 2.35. The molecule has 0 bridgehead atoms. The van der Waals surface area contributed by atoms with E-state index in [1.807, 2.05) is 6.92 Å². The van der Waals surface area contributed by atoms with Gasteiger partial charge in [0.2, 0.25) is 0 Å². The summed E-state index contributed by atoms with van der Waals surface area (Å²) in [6.07, 6.45) is 0. The molecule has 0 saturated carbocycles. The van der Waals surface area contributed by atoms with Gasteiger partial charge in [-0.05, 0) is 49.2 Å². The zero-order chi connectivity index (χ0) is 25.4. The monoisotopic (exact) mass is 482 g/mol. The molecule has 0 saturated heterocycles. The topological polar surface area (TPSA) is 103 Å². The minimum Gasteiger partial charge on any atom is -0.489 e. The Bertz CT molecular complexity index is 1080. The van der Waals surface area contributed by atoms with Crippen LogP contribution in [-0.2, 0) is 25.6 Å². The molecule has 186 valence electrons. The fraction of sp³-hybridized carbons (Fsp3) is 0.346. The summed E-state index contributed by atoms with van der Waals surface area (Å²) in [5, 5.41) is 2.90. The fourth-order valence-electron chi connectivity index (χ4n) is 3.75. The molecule has 35 heavy (non-hydrogen) atoms. The van der Waals surface area contributed by atoms with Gasteiger partial charge in [-0.3, -0.25) is 4.90 Å². The van der Waals surface area contributed by atoms with Gasteiger partial charge in [0.1, 0.15) is 19.0 Å². The van der Waals surface area contributed by atoms with Crippen LogP contribution in [0.2, 0.25) is 0 Å². The Labute approximate surface area is 204 Å². The van der Waals surface area contributed by atoms with Gasteiger partial charge in [-0.25, -0.2) is 14.4 Å². The molecule has 0 fully saturated rings. The number of hydrogen-bond donors (Lipinski definition) is 1. The van der Waals surface area contributed by atoms with Gasteiger partial charge < -0.3 is 24.3 Å². The van der Waals surface area contributed by atoms with Crippen LogP contribution in [-0.4, -0.2) is 56.8 Å². The van der Waals surface area contributed by atoms with E-state index in [0.29, 0.717) is 35.7 Å². The van der Waals surface area contributed by atoms with Gasteiger partial charge in [-0.2, -0.15) is 0 Å². The number of hydrogen-bond acceptors (Lipinski definition) is 7. The SMILES string of the molecule is CCN1C(=O)NC(c2ccc(OCc3ccc(C(=O)OC)cc3)cc2)C(C(=O)OCCOC)=C1C. The molecule has 1 aliphatic rings. The van der Waals surface area contributed by atoms with Crippen molar-refractivity contribution in [3.05, 3.63) is 76.5 Å². The third-order valence-electron chi connectivity index (χ3n) is 5.65. The molecule has 1 N–H and O–H groups in total. The zero-order valence-corrected chi connectivity index (χ0v) is 20.3. The van der Waals surface area contributed by atoms with E-state index < -0.39 is 18.0 Å². The average molecular weight is 483 g/mol. The average Bonchev–Trinajstić information content (AvgIpc) is 2.87. The number of amides is 2. The lowest BCUT2D eigenvalue weighted by molar-refractivity contribution is -0.140. The summed E-state index contributed by atoms with van der Waals surface area (Å²) in [5.41, 5.74) is 3.01. The summed E-state index contributed by atoms with van der Waals surface area (Å²) in [6, 6.07) is 13.2. The van der Waals surface area contributed by atoms with Crippen molar-refractivity contribution in [2.24, 2.45) is 0 Å². The molecule has 2 aromatic carbocycles. The zero-order valence-electron chi connectivity index (χ0n) is 20.3. The Kier molecular flexibility index (Phi) is 8.86. The second kappa shape index (κ2) is 12.0. The van der Waals surface area contributed by atoms with Gasteiger partial charge in [-0.15, -0.1) is 0 Å². The molecule has 1 heterocycles. The minimum absolute atomic E-state index is 0.117. The number of esters is 2. The van der Waals surface area contributed by atoms with Crippen molar-refractivity contribution < 1.29 is 33.3 Å². The summed E-state index contributed by atoms with van der Waals surface area (Å²) >= 11 is 0. The maximum Gasteiger partial charge on any atom is 0.338 e. The Morgan fingerprint density at radius 2 is 1.66 bits per heavy atom. The lowest BCUT2D eigenvalue weighted by Crippen LogP contribution is -2.47. The predicted octanol–water partition coefficient (Wildman–Crippen LogP) is 3.60. The first-order chi connectivity index (χ1) is 16.9. The molecule has 2 aromatic rings. The third kappa shape index (κ3) is 6.19. The van der Waals surface area contributed by atoms with Crippen LogP contribution in [0.1, 0.15) is 41.4 Å². The standard InChI is InChI=1S/C26H30N2O7/c1-5-28-17(2)22(25(30)34-15-14-32-3)23(27-26(28)31)19-10-12-21(13-11-19)35-16-18-6-8-20(9-7-18)24(29)33-4/h6-13,23H,5,14-16H2,1-4H3,(H,27,31). The summed E-state index contributed by atoms with van der Waals surface area (Å²) < 4.78 is 20.9. The number of allylic oxidation sites excluding steroid dienone is 1. The van der Waals surface area contributed by atoms with Crippen molar-refractivity contribution in [2.75, 3.05) is 34.0 Å². The van der Waals surface area contributed by atoms with Crippen LogP contribution in [0.25, 0.3) is 0 Å². The first-order valence-electron chi connectivity index (χ1n) is 11.2. The highest BCUT2D eigenvalue weighted by atomic mass is 16.6. The number of carbonyl (C=O) groups excluding carboxylic acids is 3. The number of nitrogens with one attached hydrogen (secondary N) is 1. The minimum atomic E-state index is -0.653. The summed E-state index contributed by atoms with van der Waals surface area (Å²) in [4.78, 5) is 38.6. The molecule has 1 unspecified atom stereocenters. The van der Waals surface area contributed by atoms with Crippen LogP contribution in [0.4, 0.5) is 4.79 Å². The largest absolute Gasteiger partial charge is 0.489 e. The first-order valence-corrected chi connectivity index (χ1v) is 11.2. The molecule has 1 atom stereocenters. The molecule has 0 spiro atoms. The second-order valence-electron chi connectivity index (χ2n) is 7.80. The predicted molar refractivity (Wildman–Crippen MR) is 128 cm³/mol. The van der Waals surface area contributed by atoms with E-state index in [1.165, 1.54) is 19.1 Å². The molecule has 3 rings (SSSR count). The van der Waals surface area contributed by atoms with E-state index in [-0.39, 0.29) is 19.2 Å². The van der Waals surface area contributed by atoms with E-state index in [1.54, 1.807) is 55.5 Å². The lowest BCUT2D eigenvalue weighted by atomic mass is 9.95. The van der Waals surface area contributed by atoms with Gasteiger partial charge in [-0.1, -0.05) is 24.3 Å².